The minimum atomic E-state index is -3.64. The Bertz CT molecular complexity index is 1230. The Kier molecular flexibility index (Phi) is 7.06. The van der Waals surface area contributed by atoms with Crippen LogP contribution in [0.5, 0.6) is 0 Å². The van der Waals surface area contributed by atoms with Crippen molar-refractivity contribution in [3.8, 4) is 0 Å². The van der Waals surface area contributed by atoms with Crippen LogP contribution >= 0.6 is 0 Å². The summed E-state index contributed by atoms with van der Waals surface area (Å²) < 4.78 is 53.1. The lowest BCUT2D eigenvalue weighted by atomic mass is 10.1. The van der Waals surface area contributed by atoms with E-state index in [1.165, 1.54) is 16.4 Å². The first-order valence-corrected chi connectivity index (χ1v) is 12.3. The van der Waals surface area contributed by atoms with E-state index in [2.05, 4.69) is 4.98 Å². The minimum absolute atomic E-state index is 0.0240. The monoisotopic (exact) mass is 475 g/mol. The second-order valence-corrected chi connectivity index (χ2v) is 9.75. The van der Waals surface area contributed by atoms with Crippen LogP contribution in [-0.2, 0) is 43.9 Å². The number of carbonyl (C=O) groups excluding carboxylic acids is 1. The molecule has 0 unspecified atom stereocenters. The summed E-state index contributed by atoms with van der Waals surface area (Å²) >= 11 is 0. The third kappa shape index (κ3) is 5.23. The van der Waals surface area contributed by atoms with E-state index in [0.29, 0.717) is 49.8 Å². The number of halogens is 1. The fourth-order valence-corrected chi connectivity index (χ4v) is 5.23. The standard InChI is InChI=1S/C23H26FN3O5S/c1-2-9-27-21-8-7-19(33(29,30)26-10-12-31-13-11-26)15-20(21)25-22(27)16-32-23(28)14-17-3-5-18(24)6-4-17/h3-8,15H,2,9-14,16H2,1H3. The number of sulfonamides is 1. The highest BCUT2D eigenvalue weighted by Gasteiger charge is 2.27. The van der Waals surface area contributed by atoms with Crippen LogP contribution in [0, 0.1) is 5.82 Å². The van der Waals surface area contributed by atoms with E-state index < -0.39 is 16.0 Å². The van der Waals surface area contributed by atoms with Gasteiger partial charge in [-0.05, 0) is 42.3 Å². The van der Waals surface area contributed by atoms with Crippen LogP contribution in [0.25, 0.3) is 11.0 Å². The number of nitrogens with zero attached hydrogens (tertiary/aromatic N) is 3. The van der Waals surface area contributed by atoms with E-state index >= 15 is 0 Å². The molecule has 1 aromatic heterocycles. The molecule has 0 N–H and O–H groups in total. The molecule has 3 aromatic rings. The Hall–Kier alpha value is -2.82. The van der Waals surface area contributed by atoms with Gasteiger partial charge in [0.25, 0.3) is 0 Å². The van der Waals surface area contributed by atoms with E-state index in [9.17, 15) is 17.6 Å². The summed E-state index contributed by atoms with van der Waals surface area (Å²) in [5.41, 5.74) is 1.96. The van der Waals surface area contributed by atoms with Crippen molar-refractivity contribution in [2.24, 2.45) is 0 Å². The Balaban J connectivity index is 1.54. The Morgan fingerprint density at radius 2 is 1.88 bits per heavy atom. The van der Waals surface area contributed by atoms with Crippen molar-refractivity contribution in [1.82, 2.24) is 13.9 Å². The molecule has 4 rings (SSSR count). The molecule has 0 spiro atoms. The van der Waals surface area contributed by atoms with Gasteiger partial charge in [-0.15, -0.1) is 0 Å². The van der Waals surface area contributed by atoms with Crippen molar-refractivity contribution in [2.75, 3.05) is 26.3 Å². The van der Waals surface area contributed by atoms with E-state index in [1.807, 2.05) is 11.5 Å². The third-order valence-corrected chi connectivity index (χ3v) is 7.37. The largest absolute Gasteiger partial charge is 0.457 e. The highest BCUT2D eigenvalue weighted by Crippen LogP contribution is 2.24. The fraction of sp³-hybridized carbons (Fsp3) is 0.391. The van der Waals surface area contributed by atoms with Crippen molar-refractivity contribution in [1.29, 1.82) is 0 Å². The maximum absolute atomic E-state index is 13.0. The molecule has 176 valence electrons. The number of esters is 1. The zero-order chi connectivity index (χ0) is 23.4. The molecular formula is C23H26FN3O5S. The summed E-state index contributed by atoms with van der Waals surface area (Å²) in [5.74, 6) is -0.275. The van der Waals surface area contributed by atoms with Gasteiger partial charge in [0.2, 0.25) is 10.0 Å². The highest BCUT2D eigenvalue weighted by molar-refractivity contribution is 7.89. The number of aromatic nitrogens is 2. The van der Waals surface area contributed by atoms with Gasteiger partial charge in [0.05, 0.1) is 35.6 Å². The van der Waals surface area contributed by atoms with Gasteiger partial charge in [-0.25, -0.2) is 17.8 Å². The van der Waals surface area contributed by atoms with Gasteiger partial charge < -0.3 is 14.0 Å². The van der Waals surface area contributed by atoms with Crippen molar-refractivity contribution < 1.29 is 27.1 Å². The SMILES string of the molecule is CCCn1c(COC(=O)Cc2ccc(F)cc2)nc2cc(S(=O)(=O)N3CCOCC3)ccc21. The molecule has 2 heterocycles. The summed E-state index contributed by atoms with van der Waals surface area (Å²) in [6, 6.07) is 10.6. The maximum atomic E-state index is 13.0. The van der Waals surface area contributed by atoms with Crippen LogP contribution in [-0.4, -0.2) is 54.5 Å². The number of morpholine rings is 1. The molecular weight excluding hydrogens is 449 g/mol. The summed E-state index contributed by atoms with van der Waals surface area (Å²) in [6.45, 7) is 4.02. The molecule has 33 heavy (non-hydrogen) atoms. The lowest BCUT2D eigenvalue weighted by Crippen LogP contribution is -2.40. The lowest BCUT2D eigenvalue weighted by molar-refractivity contribution is -0.144. The summed E-state index contributed by atoms with van der Waals surface area (Å²) in [5, 5.41) is 0. The molecule has 0 saturated carbocycles. The van der Waals surface area contributed by atoms with Crippen LogP contribution in [0.1, 0.15) is 24.7 Å². The predicted octanol–water partition coefficient (Wildman–Crippen LogP) is 2.89. The Morgan fingerprint density at radius 1 is 1.15 bits per heavy atom. The molecule has 1 aliphatic heterocycles. The van der Waals surface area contributed by atoms with E-state index in [1.54, 1.807) is 30.3 Å². The molecule has 1 saturated heterocycles. The van der Waals surface area contributed by atoms with Crippen LogP contribution < -0.4 is 0 Å². The first-order chi connectivity index (χ1) is 15.9. The maximum Gasteiger partial charge on any atom is 0.310 e. The van der Waals surface area contributed by atoms with Crippen molar-refractivity contribution in [3.05, 3.63) is 59.7 Å². The number of carbonyl (C=O) groups is 1. The topological polar surface area (TPSA) is 90.7 Å². The molecule has 10 heteroatoms. The van der Waals surface area contributed by atoms with E-state index in [-0.39, 0.29) is 23.7 Å². The van der Waals surface area contributed by atoms with Crippen LogP contribution in [0.4, 0.5) is 4.39 Å². The van der Waals surface area contributed by atoms with Crippen LogP contribution in [0.2, 0.25) is 0 Å². The number of aryl methyl sites for hydroxylation is 1. The van der Waals surface area contributed by atoms with Gasteiger partial charge in [-0.1, -0.05) is 19.1 Å². The quantitative estimate of drug-likeness (QED) is 0.466. The van der Waals surface area contributed by atoms with Gasteiger partial charge in [0.1, 0.15) is 18.2 Å². The normalized spacial score (nSPS) is 15.1. The second kappa shape index (κ2) is 9.98. The lowest BCUT2D eigenvalue weighted by Gasteiger charge is -2.26. The molecule has 2 aromatic carbocycles. The fourth-order valence-electron chi connectivity index (χ4n) is 3.80. The van der Waals surface area contributed by atoms with Crippen molar-refractivity contribution >= 4 is 27.0 Å². The average Bonchev–Trinajstić information content (AvgIpc) is 3.17. The molecule has 0 amide bonds. The number of rotatable bonds is 8. The predicted molar refractivity (Wildman–Crippen MR) is 120 cm³/mol. The number of hydrogen-bond donors (Lipinski definition) is 0. The van der Waals surface area contributed by atoms with Crippen molar-refractivity contribution in [2.45, 2.75) is 37.8 Å². The summed E-state index contributed by atoms with van der Waals surface area (Å²) in [4.78, 5) is 17.0. The smallest absolute Gasteiger partial charge is 0.310 e. The van der Waals surface area contributed by atoms with Gasteiger partial charge in [-0.2, -0.15) is 4.31 Å². The molecule has 0 bridgehead atoms. The van der Waals surface area contributed by atoms with Crippen LogP contribution in [0.15, 0.2) is 47.4 Å². The summed E-state index contributed by atoms with van der Waals surface area (Å²) in [7, 11) is -3.64. The van der Waals surface area contributed by atoms with Gasteiger partial charge in [-0.3, -0.25) is 4.79 Å². The number of fused-ring (bicyclic) bond motifs is 1. The number of imidazole rings is 1. The zero-order valence-electron chi connectivity index (χ0n) is 18.4. The summed E-state index contributed by atoms with van der Waals surface area (Å²) in [6.07, 6.45) is 0.853. The molecule has 8 nitrogen and oxygen atoms in total. The van der Waals surface area contributed by atoms with Gasteiger partial charge in [0, 0.05) is 19.6 Å². The number of ether oxygens (including phenoxy) is 2. The molecule has 1 aliphatic rings. The van der Waals surface area contributed by atoms with Crippen molar-refractivity contribution in [3.63, 3.8) is 0 Å². The first-order valence-electron chi connectivity index (χ1n) is 10.9. The van der Waals surface area contributed by atoms with Crippen LogP contribution in [0.3, 0.4) is 0 Å². The number of benzene rings is 2. The van der Waals surface area contributed by atoms with Gasteiger partial charge in [0.15, 0.2) is 0 Å². The number of hydrogen-bond acceptors (Lipinski definition) is 6. The molecule has 1 fully saturated rings. The molecule has 0 radical (unpaired) electrons. The molecule has 0 aliphatic carbocycles. The Labute approximate surface area is 192 Å². The Morgan fingerprint density at radius 3 is 2.58 bits per heavy atom. The minimum Gasteiger partial charge on any atom is -0.457 e. The highest BCUT2D eigenvalue weighted by atomic mass is 32.2. The zero-order valence-corrected chi connectivity index (χ0v) is 19.2. The van der Waals surface area contributed by atoms with Gasteiger partial charge >= 0.3 is 5.97 Å². The first kappa shape index (κ1) is 23.3. The van der Waals surface area contributed by atoms with E-state index in [0.717, 1.165) is 11.9 Å². The van der Waals surface area contributed by atoms with E-state index in [4.69, 9.17) is 9.47 Å². The second-order valence-electron chi connectivity index (χ2n) is 7.81. The average molecular weight is 476 g/mol. The molecule has 0 atom stereocenters. The third-order valence-electron chi connectivity index (χ3n) is 5.48.